The van der Waals surface area contributed by atoms with Crippen molar-refractivity contribution in [1.29, 1.82) is 0 Å². The van der Waals surface area contributed by atoms with E-state index in [1.165, 1.54) is 29.2 Å². The van der Waals surface area contributed by atoms with Crippen molar-refractivity contribution >= 4 is 62.3 Å². The van der Waals surface area contributed by atoms with Crippen LogP contribution >= 0.6 is 34.8 Å². The molecule has 0 fully saturated rings. The fourth-order valence-corrected chi connectivity index (χ4v) is 5.64. The Balaban J connectivity index is 2.04. The van der Waals surface area contributed by atoms with Crippen molar-refractivity contribution in [3.05, 3.63) is 92.9 Å². The zero-order valence-electron chi connectivity index (χ0n) is 21.1. The number of sulfonamides is 1. The van der Waals surface area contributed by atoms with E-state index in [1.54, 1.807) is 50.2 Å². The molecule has 38 heavy (non-hydrogen) atoms. The summed E-state index contributed by atoms with van der Waals surface area (Å²) in [6.45, 7) is 5.03. The number of nitrogens with zero attached hydrogens (tertiary/aromatic N) is 2. The number of rotatable bonds is 10. The molecule has 3 rings (SSSR count). The third kappa shape index (κ3) is 7.20. The van der Waals surface area contributed by atoms with Crippen LogP contribution < -0.4 is 9.62 Å². The highest BCUT2D eigenvalue weighted by Gasteiger charge is 2.32. The Morgan fingerprint density at radius 1 is 0.947 bits per heavy atom. The summed E-state index contributed by atoms with van der Waals surface area (Å²) in [5.74, 6) is -0.947. The number of benzene rings is 3. The Hall–Kier alpha value is -2.78. The maximum atomic E-state index is 13.8. The molecule has 0 aliphatic rings. The molecule has 0 spiro atoms. The summed E-state index contributed by atoms with van der Waals surface area (Å²) in [6.07, 6.45) is 0. The molecule has 0 aliphatic heterocycles. The molecule has 3 aromatic carbocycles. The molecule has 11 heteroatoms. The fraction of sp³-hybridized carbons (Fsp3) is 0.259. The lowest BCUT2D eigenvalue weighted by atomic mass is 10.1. The van der Waals surface area contributed by atoms with E-state index in [4.69, 9.17) is 34.8 Å². The minimum Gasteiger partial charge on any atom is -0.355 e. The molecule has 1 atom stereocenters. The van der Waals surface area contributed by atoms with Crippen molar-refractivity contribution in [1.82, 2.24) is 10.2 Å². The summed E-state index contributed by atoms with van der Waals surface area (Å²) in [5, 5.41) is 3.75. The normalized spacial score (nSPS) is 12.1. The van der Waals surface area contributed by atoms with Crippen LogP contribution in [0.1, 0.15) is 25.0 Å². The standard InChI is InChI=1S/C27H28Cl3N3O4S/c1-4-31-27(35)19(3)32(16-20-8-13-24(29)25(30)15-20)26(34)17-33(22-7-5-6-18(2)14-22)38(36,37)23-11-9-21(28)10-12-23/h5-15,19H,4,16-17H2,1-3H3,(H,31,35)/t19-/m0/s1. The number of carbonyl (C=O) groups is 2. The first-order valence-corrected chi connectivity index (χ1v) is 14.4. The molecule has 0 saturated heterocycles. The first kappa shape index (κ1) is 29.8. The van der Waals surface area contributed by atoms with Crippen LogP contribution in [0.5, 0.6) is 0 Å². The van der Waals surface area contributed by atoms with Crippen LogP contribution in [0.3, 0.4) is 0 Å². The van der Waals surface area contributed by atoms with E-state index in [9.17, 15) is 18.0 Å². The Kier molecular flexibility index (Phi) is 10.1. The van der Waals surface area contributed by atoms with Gasteiger partial charge in [0, 0.05) is 18.1 Å². The molecule has 1 N–H and O–H groups in total. The fourth-order valence-electron chi connectivity index (χ4n) is 3.78. The smallest absolute Gasteiger partial charge is 0.264 e. The highest BCUT2D eigenvalue weighted by molar-refractivity contribution is 7.92. The van der Waals surface area contributed by atoms with E-state index < -0.39 is 28.5 Å². The number of carbonyl (C=O) groups excluding carboxylic acids is 2. The molecule has 0 radical (unpaired) electrons. The third-order valence-electron chi connectivity index (χ3n) is 5.83. The highest BCUT2D eigenvalue weighted by atomic mass is 35.5. The van der Waals surface area contributed by atoms with Gasteiger partial charge in [-0.05, 0) is 80.4 Å². The minimum absolute atomic E-state index is 0.0106. The van der Waals surface area contributed by atoms with Crippen LogP contribution in [0, 0.1) is 6.92 Å². The van der Waals surface area contributed by atoms with Crippen LogP contribution in [0.15, 0.2) is 71.6 Å². The van der Waals surface area contributed by atoms with Gasteiger partial charge in [0.25, 0.3) is 10.0 Å². The van der Waals surface area contributed by atoms with E-state index in [0.29, 0.717) is 32.9 Å². The molecule has 7 nitrogen and oxygen atoms in total. The van der Waals surface area contributed by atoms with Gasteiger partial charge in [-0.25, -0.2) is 8.42 Å². The molecule has 0 heterocycles. The van der Waals surface area contributed by atoms with Crippen LogP contribution in [0.2, 0.25) is 15.1 Å². The number of halogens is 3. The SMILES string of the molecule is CCNC(=O)[C@H](C)N(Cc1ccc(Cl)c(Cl)c1)C(=O)CN(c1cccc(C)c1)S(=O)(=O)c1ccc(Cl)cc1. The summed E-state index contributed by atoms with van der Waals surface area (Å²) < 4.78 is 28.6. The number of nitrogens with one attached hydrogen (secondary N) is 1. The first-order valence-electron chi connectivity index (χ1n) is 11.8. The quantitative estimate of drug-likeness (QED) is 0.325. The Morgan fingerprint density at radius 2 is 1.63 bits per heavy atom. The Morgan fingerprint density at radius 3 is 2.24 bits per heavy atom. The topological polar surface area (TPSA) is 86.8 Å². The van der Waals surface area contributed by atoms with Gasteiger partial charge in [-0.15, -0.1) is 0 Å². The zero-order chi connectivity index (χ0) is 28.0. The minimum atomic E-state index is -4.17. The van der Waals surface area contributed by atoms with Crippen LogP contribution in [0.25, 0.3) is 0 Å². The van der Waals surface area contributed by atoms with Gasteiger partial charge < -0.3 is 10.2 Å². The molecule has 202 valence electrons. The summed E-state index contributed by atoms with van der Waals surface area (Å²) >= 11 is 18.2. The number of likely N-dealkylation sites (N-methyl/N-ethyl adjacent to an activating group) is 1. The van der Waals surface area contributed by atoms with Gasteiger partial charge in [-0.1, -0.05) is 53.0 Å². The maximum Gasteiger partial charge on any atom is 0.264 e. The average Bonchev–Trinajstić information content (AvgIpc) is 2.87. The molecule has 0 saturated carbocycles. The largest absolute Gasteiger partial charge is 0.355 e. The van der Waals surface area contributed by atoms with Gasteiger partial charge in [-0.2, -0.15) is 0 Å². The molecule has 2 amide bonds. The molecule has 0 bridgehead atoms. The van der Waals surface area contributed by atoms with E-state index in [-0.39, 0.29) is 17.3 Å². The van der Waals surface area contributed by atoms with Crippen molar-refractivity contribution in [2.75, 3.05) is 17.4 Å². The highest BCUT2D eigenvalue weighted by Crippen LogP contribution is 2.27. The van der Waals surface area contributed by atoms with Crippen LogP contribution in [0.4, 0.5) is 5.69 Å². The van der Waals surface area contributed by atoms with Crippen molar-refractivity contribution in [3.8, 4) is 0 Å². The second kappa shape index (κ2) is 12.8. The maximum absolute atomic E-state index is 13.8. The lowest BCUT2D eigenvalue weighted by Gasteiger charge is -2.32. The Bertz CT molecular complexity index is 1420. The van der Waals surface area contributed by atoms with Gasteiger partial charge in [0.1, 0.15) is 12.6 Å². The van der Waals surface area contributed by atoms with E-state index in [0.717, 1.165) is 9.87 Å². The van der Waals surface area contributed by atoms with Gasteiger partial charge in [-0.3, -0.25) is 13.9 Å². The van der Waals surface area contributed by atoms with Crippen LogP contribution in [-0.2, 0) is 26.2 Å². The van der Waals surface area contributed by atoms with Gasteiger partial charge >= 0.3 is 0 Å². The Labute approximate surface area is 238 Å². The van der Waals surface area contributed by atoms with Gasteiger partial charge in [0.2, 0.25) is 11.8 Å². The van der Waals surface area contributed by atoms with Gasteiger partial charge in [0.05, 0.1) is 20.6 Å². The molecule has 3 aromatic rings. The number of hydrogen-bond donors (Lipinski definition) is 1. The second-order valence-electron chi connectivity index (χ2n) is 8.65. The number of hydrogen-bond acceptors (Lipinski definition) is 4. The van der Waals surface area contributed by atoms with Crippen molar-refractivity contribution in [2.24, 2.45) is 0 Å². The number of anilines is 1. The molecule has 0 unspecified atom stereocenters. The number of aryl methyl sites for hydroxylation is 1. The summed E-state index contributed by atoms with van der Waals surface area (Å²) in [5.41, 5.74) is 1.76. The van der Waals surface area contributed by atoms with E-state index >= 15 is 0 Å². The predicted molar refractivity (Wildman–Crippen MR) is 152 cm³/mol. The lowest BCUT2D eigenvalue weighted by molar-refractivity contribution is -0.139. The first-order chi connectivity index (χ1) is 17.9. The number of amides is 2. The summed E-state index contributed by atoms with van der Waals surface area (Å²) in [6, 6.07) is 16.6. The monoisotopic (exact) mass is 595 g/mol. The van der Waals surface area contributed by atoms with Gasteiger partial charge in [0.15, 0.2) is 0 Å². The zero-order valence-corrected chi connectivity index (χ0v) is 24.2. The van der Waals surface area contributed by atoms with Crippen molar-refractivity contribution in [2.45, 2.75) is 38.3 Å². The van der Waals surface area contributed by atoms with Crippen molar-refractivity contribution in [3.63, 3.8) is 0 Å². The summed E-state index contributed by atoms with van der Waals surface area (Å²) in [7, 11) is -4.17. The molecule has 0 aliphatic carbocycles. The lowest BCUT2D eigenvalue weighted by Crippen LogP contribution is -2.51. The predicted octanol–water partition coefficient (Wildman–Crippen LogP) is 5.70. The summed E-state index contributed by atoms with van der Waals surface area (Å²) in [4.78, 5) is 27.9. The van der Waals surface area contributed by atoms with E-state index in [1.807, 2.05) is 13.0 Å². The molecular weight excluding hydrogens is 569 g/mol. The van der Waals surface area contributed by atoms with Crippen molar-refractivity contribution < 1.29 is 18.0 Å². The molecule has 0 aromatic heterocycles. The third-order valence-corrected chi connectivity index (χ3v) is 8.60. The van der Waals surface area contributed by atoms with Crippen LogP contribution in [-0.4, -0.2) is 44.3 Å². The second-order valence-corrected chi connectivity index (χ2v) is 11.8. The van der Waals surface area contributed by atoms with E-state index in [2.05, 4.69) is 5.32 Å². The average molecular weight is 597 g/mol. The molecular formula is C27H28Cl3N3O4S.